The van der Waals surface area contributed by atoms with E-state index in [-0.39, 0.29) is 12.5 Å². The summed E-state index contributed by atoms with van der Waals surface area (Å²) in [7, 11) is 0. The van der Waals surface area contributed by atoms with Gasteiger partial charge in [-0.15, -0.1) is 0 Å². The SMILES string of the molecule is CCCCCCC/C=C/CC/C=C/CC/C=C/C(O)C(CO)NC(=O)CCCCCCCCC/C=C\CCCCCCCC. The van der Waals surface area contributed by atoms with Gasteiger partial charge in [0.2, 0.25) is 5.91 Å². The predicted octanol–water partition coefficient (Wildman–Crippen LogP) is 11.2. The summed E-state index contributed by atoms with van der Waals surface area (Å²) in [5.74, 6) is -0.0854. The van der Waals surface area contributed by atoms with Crippen LogP contribution in [0.25, 0.3) is 0 Å². The zero-order valence-corrected chi connectivity index (χ0v) is 29.2. The molecule has 0 heterocycles. The molecule has 2 atom stereocenters. The lowest BCUT2D eigenvalue weighted by atomic mass is 10.1. The average Bonchev–Trinajstić information content (AvgIpc) is 3.03. The van der Waals surface area contributed by atoms with Crippen LogP contribution in [0.2, 0.25) is 0 Å². The summed E-state index contributed by atoms with van der Waals surface area (Å²) in [6.45, 7) is 4.26. The minimum absolute atomic E-state index is 0.0854. The van der Waals surface area contributed by atoms with Gasteiger partial charge in [0.05, 0.1) is 18.8 Å². The maximum absolute atomic E-state index is 12.3. The van der Waals surface area contributed by atoms with Gasteiger partial charge in [0, 0.05) is 6.42 Å². The van der Waals surface area contributed by atoms with Crippen LogP contribution < -0.4 is 5.32 Å². The summed E-state index contributed by atoms with van der Waals surface area (Å²) < 4.78 is 0. The topological polar surface area (TPSA) is 69.6 Å². The number of aliphatic hydroxyl groups excluding tert-OH is 2. The first-order chi connectivity index (χ1) is 21.7. The smallest absolute Gasteiger partial charge is 0.220 e. The molecule has 0 aromatic carbocycles. The van der Waals surface area contributed by atoms with Crippen LogP contribution in [0.15, 0.2) is 48.6 Å². The zero-order chi connectivity index (χ0) is 32.2. The quantitative estimate of drug-likeness (QED) is 0.0508. The summed E-state index contributed by atoms with van der Waals surface area (Å²) in [6, 6.07) is -0.646. The first-order valence-corrected chi connectivity index (χ1v) is 18.9. The molecule has 0 aromatic rings. The van der Waals surface area contributed by atoms with Crippen molar-refractivity contribution in [3.05, 3.63) is 48.6 Å². The zero-order valence-electron chi connectivity index (χ0n) is 29.2. The summed E-state index contributed by atoms with van der Waals surface area (Å²) >= 11 is 0. The predicted molar refractivity (Wildman–Crippen MR) is 193 cm³/mol. The van der Waals surface area contributed by atoms with Crippen molar-refractivity contribution in [3.8, 4) is 0 Å². The van der Waals surface area contributed by atoms with Crippen molar-refractivity contribution in [1.82, 2.24) is 5.32 Å². The lowest BCUT2D eigenvalue weighted by Gasteiger charge is -2.19. The van der Waals surface area contributed by atoms with Crippen LogP contribution in [0, 0.1) is 0 Å². The monoisotopic (exact) mass is 616 g/mol. The third kappa shape index (κ3) is 31.8. The first kappa shape index (κ1) is 42.3. The Bertz CT molecular complexity index is 711. The molecule has 256 valence electrons. The van der Waals surface area contributed by atoms with E-state index in [0.717, 1.165) is 38.5 Å². The minimum Gasteiger partial charge on any atom is -0.394 e. The third-order valence-electron chi connectivity index (χ3n) is 8.26. The van der Waals surface area contributed by atoms with Crippen LogP contribution in [0.1, 0.15) is 181 Å². The van der Waals surface area contributed by atoms with Gasteiger partial charge in [-0.1, -0.05) is 152 Å². The van der Waals surface area contributed by atoms with Crippen molar-refractivity contribution in [2.45, 2.75) is 193 Å². The lowest BCUT2D eigenvalue weighted by Crippen LogP contribution is -2.45. The average molecular weight is 616 g/mol. The number of carbonyl (C=O) groups excluding carboxylic acids is 1. The Morgan fingerprint density at radius 1 is 0.523 bits per heavy atom. The highest BCUT2D eigenvalue weighted by Gasteiger charge is 2.17. The van der Waals surface area contributed by atoms with Gasteiger partial charge in [-0.2, -0.15) is 0 Å². The van der Waals surface area contributed by atoms with E-state index in [1.54, 1.807) is 6.08 Å². The van der Waals surface area contributed by atoms with Gasteiger partial charge in [-0.05, 0) is 70.6 Å². The van der Waals surface area contributed by atoms with E-state index in [1.807, 2.05) is 6.08 Å². The Labute approximate surface area is 274 Å². The Morgan fingerprint density at radius 2 is 0.886 bits per heavy atom. The molecule has 4 heteroatoms. The number of allylic oxidation sites excluding steroid dienone is 7. The second-order valence-corrected chi connectivity index (χ2v) is 12.6. The summed E-state index contributed by atoms with van der Waals surface area (Å²) in [5, 5.41) is 22.9. The fourth-order valence-electron chi connectivity index (χ4n) is 5.32. The maximum Gasteiger partial charge on any atom is 0.220 e. The molecular weight excluding hydrogens is 542 g/mol. The Hall–Kier alpha value is -1.65. The van der Waals surface area contributed by atoms with Gasteiger partial charge in [0.25, 0.3) is 0 Å². The molecule has 0 aliphatic rings. The van der Waals surface area contributed by atoms with Crippen LogP contribution in [0.5, 0.6) is 0 Å². The summed E-state index contributed by atoms with van der Waals surface area (Å²) in [4.78, 5) is 12.3. The van der Waals surface area contributed by atoms with Crippen molar-refractivity contribution < 1.29 is 15.0 Å². The van der Waals surface area contributed by atoms with Gasteiger partial charge in [-0.25, -0.2) is 0 Å². The minimum atomic E-state index is -0.870. The molecule has 0 fully saturated rings. The maximum atomic E-state index is 12.3. The molecule has 4 nitrogen and oxygen atoms in total. The summed E-state index contributed by atoms with van der Waals surface area (Å²) in [6.07, 6.45) is 47.6. The van der Waals surface area contributed by atoms with Gasteiger partial charge in [0.15, 0.2) is 0 Å². The molecule has 0 saturated carbocycles. The highest BCUT2D eigenvalue weighted by molar-refractivity contribution is 5.76. The van der Waals surface area contributed by atoms with Crippen LogP contribution in [0.3, 0.4) is 0 Å². The van der Waals surface area contributed by atoms with Crippen molar-refractivity contribution in [3.63, 3.8) is 0 Å². The Kier molecular flexibility index (Phi) is 34.5. The Morgan fingerprint density at radius 3 is 1.32 bits per heavy atom. The van der Waals surface area contributed by atoms with E-state index in [4.69, 9.17) is 0 Å². The number of unbranched alkanes of at least 4 members (excludes halogenated alkanes) is 20. The lowest BCUT2D eigenvalue weighted by molar-refractivity contribution is -0.123. The number of amides is 1. The molecule has 2 unspecified atom stereocenters. The molecular formula is C40H73NO3. The number of carbonyl (C=O) groups is 1. The van der Waals surface area contributed by atoms with Crippen LogP contribution in [0.4, 0.5) is 0 Å². The molecule has 0 spiro atoms. The molecule has 0 aliphatic carbocycles. The van der Waals surface area contributed by atoms with Gasteiger partial charge in [-0.3, -0.25) is 4.79 Å². The van der Waals surface area contributed by atoms with Gasteiger partial charge < -0.3 is 15.5 Å². The molecule has 0 saturated heterocycles. The van der Waals surface area contributed by atoms with Crippen LogP contribution >= 0.6 is 0 Å². The fourth-order valence-corrected chi connectivity index (χ4v) is 5.32. The van der Waals surface area contributed by atoms with Gasteiger partial charge >= 0.3 is 0 Å². The first-order valence-electron chi connectivity index (χ1n) is 18.9. The van der Waals surface area contributed by atoms with E-state index in [0.29, 0.717) is 6.42 Å². The van der Waals surface area contributed by atoms with Gasteiger partial charge in [0.1, 0.15) is 0 Å². The largest absolute Gasteiger partial charge is 0.394 e. The van der Waals surface area contributed by atoms with E-state index < -0.39 is 12.1 Å². The molecule has 44 heavy (non-hydrogen) atoms. The standard InChI is InChI=1S/C40H73NO3/c1-3-5-7-9-11-13-15-17-19-20-22-24-26-28-30-32-34-36-40(44)41-38(37-42)39(43)35-33-31-29-27-25-23-21-18-16-14-12-10-8-6-4-2/h16-19,25,27,33,35,38-39,42-43H,3-15,20-24,26,28-32,34,36-37H2,1-2H3,(H,41,44)/b18-16+,19-17-,27-25+,35-33+. The second-order valence-electron chi connectivity index (χ2n) is 12.6. The van der Waals surface area contributed by atoms with Crippen molar-refractivity contribution >= 4 is 5.91 Å². The number of hydrogen-bond acceptors (Lipinski definition) is 3. The molecule has 3 N–H and O–H groups in total. The molecule has 0 aromatic heterocycles. The van der Waals surface area contributed by atoms with Crippen molar-refractivity contribution in [2.24, 2.45) is 0 Å². The third-order valence-corrected chi connectivity index (χ3v) is 8.26. The molecule has 0 radical (unpaired) electrons. The molecule has 0 aliphatic heterocycles. The molecule has 0 bridgehead atoms. The van der Waals surface area contributed by atoms with E-state index >= 15 is 0 Å². The summed E-state index contributed by atoms with van der Waals surface area (Å²) in [5.41, 5.74) is 0. The number of aliphatic hydroxyl groups is 2. The fraction of sp³-hybridized carbons (Fsp3) is 0.775. The van der Waals surface area contributed by atoms with Crippen LogP contribution in [-0.4, -0.2) is 34.9 Å². The number of rotatable bonds is 33. The molecule has 1 amide bonds. The Balaban J connectivity index is 3.70. The van der Waals surface area contributed by atoms with Crippen molar-refractivity contribution in [1.29, 1.82) is 0 Å². The van der Waals surface area contributed by atoms with E-state index in [9.17, 15) is 15.0 Å². The van der Waals surface area contributed by atoms with E-state index in [1.165, 1.54) is 122 Å². The van der Waals surface area contributed by atoms with Crippen molar-refractivity contribution in [2.75, 3.05) is 6.61 Å². The number of nitrogens with one attached hydrogen (secondary N) is 1. The highest BCUT2D eigenvalue weighted by atomic mass is 16.3. The second kappa shape index (κ2) is 35.8. The van der Waals surface area contributed by atoms with Crippen LogP contribution in [-0.2, 0) is 4.79 Å². The molecule has 0 rings (SSSR count). The normalized spacial score (nSPS) is 13.6. The van der Waals surface area contributed by atoms with E-state index in [2.05, 4.69) is 55.6 Å². The highest BCUT2D eigenvalue weighted by Crippen LogP contribution is 2.12. The number of hydrogen-bond donors (Lipinski definition) is 3.